The number of nitrogens with zero attached hydrogens (tertiary/aromatic N) is 4. The fraction of sp³-hybridized carbons (Fsp3) is 0.308. The maximum Gasteiger partial charge on any atom is 0.254 e. The molecule has 0 saturated carbocycles. The van der Waals surface area contributed by atoms with Crippen molar-refractivity contribution in [1.29, 1.82) is 0 Å². The minimum Gasteiger partial charge on any atom is -0.484 e. The van der Waals surface area contributed by atoms with Gasteiger partial charge in [0.25, 0.3) is 5.91 Å². The van der Waals surface area contributed by atoms with E-state index in [1.165, 1.54) is 6.20 Å². The van der Waals surface area contributed by atoms with Crippen molar-refractivity contribution in [2.75, 3.05) is 17.7 Å². The standard InChI is InChI=1S/C26H35N7O3Si/c1-7-17(2)18(3)36-21-14-19(8-9-20(21)27)24-23(25(28)34)26(31-22-15-29-10-11-30-22)33(32-24)16-35-12-13-37(4,5)6/h7-11,14-15,18H,1-2,12-13,16,27H2,3-6H3,(H2,28,34)(H,30,31)/t18-/m0/s1. The molecular formula is C26H35N7O3Si. The average Bonchev–Trinajstić information content (AvgIpc) is 3.20. The molecule has 0 fully saturated rings. The number of ether oxygens (including phenoxy) is 2. The predicted molar refractivity (Wildman–Crippen MR) is 149 cm³/mol. The highest BCUT2D eigenvalue weighted by atomic mass is 28.3. The second kappa shape index (κ2) is 11.8. The van der Waals surface area contributed by atoms with Crippen LogP contribution < -0.4 is 21.5 Å². The highest BCUT2D eigenvalue weighted by Gasteiger charge is 2.25. The lowest BCUT2D eigenvalue weighted by atomic mass is 10.1. The average molecular weight is 522 g/mol. The number of hydrogen-bond donors (Lipinski definition) is 3. The number of nitrogen functional groups attached to an aromatic ring is 1. The lowest BCUT2D eigenvalue weighted by Gasteiger charge is -2.17. The first kappa shape index (κ1) is 27.6. The monoisotopic (exact) mass is 521 g/mol. The first-order valence-corrected chi connectivity index (χ1v) is 15.6. The Balaban J connectivity index is 2.04. The molecule has 0 saturated heterocycles. The summed E-state index contributed by atoms with van der Waals surface area (Å²) in [6.45, 7) is 17.0. The second-order valence-electron chi connectivity index (χ2n) is 9.79. The van der Waals surface area contributed by atoms with Crippen molar-refractivity contribution in [2.45, 2.75) is 45.4 Å². The van der Waals surface area contributed by atoms with E-state index < -0.39 is 14.0 Å². The third-order valence-electron chi connectivity index (χ3n) is 5.59. The van der Waals surface area contributed by atoms with Gasteiger partial charge < -0.3 is 26.3 Å². The van der Waals surface area contributed by atoms with Crippen LogP contribution in [0.3, 0.4) is 0 Å². The van der Waals surface area contributed by atoms with Crippen molar-refractivity contribution in [3.8, 4) is 17.0 Å². The number of hydrogen-bond acceptors (Lipinski definition) is 8. The molecule has 1 amide bonds. The van der Waals surface area contributed by atoms with Crippen LogP contribution in [0.15, 0.2) is 61.6 Å². The van der Waals surface area contributed by atoms with Crippen LogP contribution in [0, 0.1) is 0 Å². The summed E-state index contributed by atoms with van der Waals surface area (Å²) in [7, 11) is -1.28. The Morgan fingerprint density at radius 1 is 1.30 bits per heavy atom. The molecule has 0 aliphatic heterocycles. The summed E-state index contributed by atoms with van der Waals surface area (Å²) in [5.74, 6) is 0.539. The molecule has 0 aliphatic carbocycles. The molecule has 37 heavy (non-hydrogen) atoms. The van der Waals surface area contributed by atoms with Crippen molar-refractivity contribution in [2.24, 2.45) is 5.73 Å². The van der Waals surface area contributed by atoms with E-state index in [4.69, 9.17) is 26.0 Å². The Morgan fingerprint density at radius 3 is 2.68 bits per heavy atom. The van der Waals surface area contributed by atoms with Crippen molar-refractivity contribution < 1.29 is 14.3 Å². The minimum absolute atomic E-state index is 0.113. The first-order chi connectivity index (χ1) is 17.5. The Labute approximate surface area is 218 Å². The molecule has 0 radical (unpaired) electrons. The van der Waals surface area contributed by atoms with Gasteiger partial charge in [-0.1, -0.05) is 44.9 Å². The van der Waals surface area contributed by atoms with Crippen LogP contribution >= 0.6 is 0 Å². The fourth-order valence-corrected chi connectivity index (χ4v) is 4.10. The van der Waals surface area contributed by atoms with Crippen LogP contribution in [0.5, 0.6) is 5.75 Å². The number of carbonyl (C=O) groups is 1. The lowest BCUT2D eigenvalue weighted by Crippen LogP contribution is -2.22. The quantitative estimate of drug-likeness (QED) is 0.128. The molecule has 0 spiro atoms. The molecule has 1 atom stereocenters. The third-order valence-corrected chi connectivity index (χ3v) is 7.30. The summed E-state index contributed by atoms with van der Waals surface area (Å²) in [6.07, 6.45) is 5.92. The summed E-state index contributed by atoms with van der Waals surface area (Å²) in [5.41, 5.74) is 14.3. The lowest BCUT2D eigenvalue weighted by molar-refractivity contribution is 0.0802. The van der Waals surface area contributed by atoms with Crippen LogP contribution in [-0.4, -0.2) is 46.4 Å². The predicted octanol–water partition coefficient (Wildman–Crippen LogP) is 4.59. The molecular weight excluding hydrogens is 486 g/mol. The molecule has 196 valence electrons. The molecule has 10 nitrogen and oxygen atoms in total. The fourth-order valence-electron chi connectivity index (χ4n) is 3.35. The molecule has 5 N–H and O–H groups in total. The zero-order valence-corrected chi connectivity index (χ0v) is 22.8. The molecule has 2 aromatic heterocycles. The highest BCUT2D eigenvalue weighted by molar-refractivity contribution is 6.76. The third kappa shape index (κ3) is 7.27. The van der Waals surface area contributed by atoms with Crippen molar-refractivity contribution in [3.63, 3.8) is 0 Å². The van der Waals surface area contributed by atoms with Crippen LogP contribution in [0.2, 0.25) is 25.7 Å². The summed E-state index contributed by atoms with van der Waals surface area (Å²) < 4.78 is 13.5. The van der Waals surface area contributed by atoms with Crippen molar-refractivity contribution in [1.82, 2.24) is 19.7 Å². The normalized spacial score (nSPS) is 12.1. The maximum atomic E-state index is 12.7. The van der Waals surface area contributed by atoms with Gasteiger partial charge in [0, 0.05) is 32.6 Å². The van der Waals surface area contributed by atoms with E-state index in [0.717, 1.165) is 6.04 Å². The van der Waals surface area contributed by atoms with Gasteiger partial charge in [0.1, 0.15) is 41.5 Å². The SMILES string of the molecule is C=CC(=C)[C@H](C)Oc1cc(-c2nn(COCC[Si](C)(C)C)c(Nc3cnccn3)c2C(N)=O)ccc1N. The summed E-state index contributed by atoms with van der Waals surface area (Å²) in [6, 6.07) is 6.16. The highest BCUT2D eigenvalue weighted by Crippen LogP contribution is 2.35. The van der Waals surface area contributed by atoms with Gasteiger partial charge in [0.05, 0.1) is 11.9 Å². The van der Waals surface area contributed by atoms with Crippen LogP contribution in [0.4, 0.5) is 17.3 Å². The number of nitrogens with one attached hydrogen (secondary N) is 1. The van der Waals surface area contributed by atoms with Gasteiger partial charge in [-0.05, 0) is 30.7 Å². The zero-order chi connectivity index (χ0) is 27.2. The number of primary amides is 1. The van der Waals surface area contributed by atoms with Crippen LogP contribution in [0.25, 0.3) is 11.3 Å². The Morgan fingerprint density at radius 2 is 2.05 bits per heavy atom. The van der Waals surface area contributed by atoms with E-state index in [1.54, 1.807) is 41.4 Å². The second-order valence-corrected chi connectivity index (χ2v) is 15.4. The van der Waals surface area contributed by atoms with Gasteiger partial charge in [-0.3, -0.25) is 9.78 Å². The molecule has 0 aliphatic rings. The molecule has 0 unspecified atom stereocenters. The van der Waals surface area contributed by atoms with E-state index in [0.29, 0.717) is 46.5 Å². The Kier molecular flexibility index (Phi) is 8.84. The van der Waals surface area contributed by atoms with E-state index in [2.05, 4.69) is 48.1 Å². The van der Waals surface area contributed by atoms with E-state index in [-0.39, 0.29) is 18.4 Å². The van der Waals surface area contributed by atoms with Gasteiger partial charge in [-0.25, -0.2) is 9.67 Å². The van der Waals surface area contributed by atoms with Gasteiger partial charge in [0.2, 0.25) is 0 Å². The number of nitrogens with two attached hydrogens (primary N) is 2. The number of rotatable bonds is 13. The number of benzene rings is 1. The summed E-state index contributed by atoms with van der Waals surface area (Å²) >= 11 is 0. The van der Waals surface area contributed by atoms with E-state index >= 15 is 0 Å². The Bertz CT molecular complexity index is 1270. The van der Waals surface area contributed by atoms with Crippen LogP contribution in [-0.2, 0) is 11.5 Å². The number of aromatic nitrogens is 4. The summed E-state index contributed by atoms with van der Waals surface area (Å²) in [5, 5.41) is 7.82. The van der Waals surface area contributed by atoms with Gasteiger partial charge >= 0.3 is 0 Å². The molecule has 2 heterocycles. The number of amides is 1. The van der Waals surface area contributed by atoms with Crippen LogP contribution in [0.1, 0.15) is 17.3 Å². The topological polar surface area (TPSA) is 143 Å². The van der Waals surface area contributed by atoms with Crippen molar-refractivity contribution >= 4 is 31.3 Å². The summed E-state index contributed by atoms with van der Waals surface area (Å²) in [4.78, 5) is 21.1. The smallest absolute Gasteiger partial charge is 0.254 e. The molecule has 3 rings (SSSR count). The Hall–Kier alpha value is -3.96. The largest absolute Gasteiger partial charge is 0.484 e. The molecule has 0 bridgehead atoms. The van der Waals surface area contributed by atoms with Gasteiger partial charge in [-0.15, -0.1) is 0 Å². The minimum atomic E-state index is -1.28. The molecule has 3 aromatic rings. The van der Waals surface area contributed by atoms with E-state index in [9.17, 15) is 4.79 Å². The number of anilines is 3. The maximum absolute atomic E-state index is 12.7. The van der Waals surface area contributed by atoms with Crippen molar-refractivity contribution in [3.05, 3.63) is 67.2 Å². The first-order valence-electron chi connectivity index (χ1n) is 11.9. The zero-order valence-electron chi connectivity index (χ0n) is 21.8. The van der Waals surface area contributed by atoms with E-state index in [1.807, 2.05) is 6.92 Å². The van der Waals surface area contributed by atoms with Gasteiger partial charge in [-0.2, -0.15) is 5.10 Å². The molecule has 11 heteroatoms. The number of carbonyl (C=O) groups excluding carboxylic acids is 1. The molecule has 1 aromatic carbocycles. The van der Waals surface area contributed by atoms with Gasteiger partial charge in [0.15, 0.2) is 0 Å².